The second kappa shape index (κ2) is 10.5. The molecule has 0 unspecified atom stereocenters. The Bertz CT molecular complexity index is 413. The van der Waals surface area contributed by atoms with Crippen LogP contribution in [-0.4, -0.2) is 68.1 Å². The van der Waals surface area contributed by atoms with E-state index in [2.05, 4.69) is 0 Å². The molecule has 9 nitrogen and oxygen atoms in total. The minimum Gasteiger partial charge on any atom is -1.00 e. The van der Waals surface area contributed by atoms with Crippen LogP contribution >= 0.6 is 0 Å². The van der Waals surface area contributed by atoms with Crippen molar-refractivity contribution in [3.63, 3.8) is 0 Å². The minimum absolute atomic E-state index is 0. The van der Waals surface area contributed by atoms with Gasteiger partial charge in [-0.3, -0.25) is 4.55 Å². The molecular weight excluding hydrogens is 272 g/mol. The Balaban J connectivity index is -0.0000000411. The normalized spacial score (nSPS) is 8.06. The van der Waals surface area contributed by atoms with E-state index in [1.54, 1.807) is 0 Å². The van der Waals surface area contributed by atoms with E-state index in [9.17, 15) is 8.42 Å². The van der Waals surface area contributed by atoms with Gasteiger partial charge in [0.25, 0.3) is 10.1 Å². The molecule has 0 spiro atoms. The standard InChI is InChI=1S/C6H6O5S.Mg.4H2O.2H/c7-4-1-2-5(8)6(3-4)12(9,10)11;;;;;;;/h1-3,7-8H,(H,9,10,11);;4*1H2;;/q;+2;;;;;2*-1. The molecule has 0 aliphatic heterocycles. The molecule has 0 aromatic heterocycles. The van der Waals surface area contributed by atoms with Crippen LogP contribution in [0.4, 0.5) is 0 Å². The molecule has 0 atom stereocenters. The van der Waals surface area contributed by atoms with Gasteiger partial charge in [0.1, 0.15) is 16.4 Å². The number of hydrogen-bond acceptors (Lipinski definition) is 4. The Labute approximate surface area is 116 Å². The Hall–Kier alpha value is -0.664. The smallest absolute Gasteiger partial charge is 1.00 e. The van der Waals surface area contributed by atoms with E-state index in [1.807, 2.05) is 0 Å². The first-order valence-corrected chi connectivity index (χ1v) is 4.35. The summed E-state index contributed by atoms with van der Waals surface area (Å²) in [5, 5.41) is 17.7. The largest absolute Gasteiger partial charge is 2.00 e. The fraction of sp³-hybridized carbons (Fsp3) is 0. The van der Waals surface area contributed by atoms with E-state index in [-0.39, 0.29) is 53.6 Å². The predicted octanol–water partition coefficient (Wildman–Crippen LogP) is -3.11. The summed E-state index contributed by atoms with van der Waals surface area (Å²) in [6.07, 6.45) is 0. The molecular formula is C6H16MgO9S. The van der Waals surface area contributed by atoms with Crippen molar-refractivity contribution >= 4 is 33.2 Å². The van der Waals surface area contributed by atoms with Crippen LogP contribution in [0.3, 0.4) is 0 Å². The fourth-order valence-corrected chi connectivity index (χ4v) is 1.31. The van der Waals surface area contributed by atoms with Crippen molar-refractivity contribution in [2.45, 2.75) is 4.90 Å². The van der Waals surface area contributed by atoms with Gasteiger partial charge in [-0.05, 0) is 12.1 Å². The Morgan fingerprint density at radius 1 is 1.00 bits per heavy atom. The molecule has 1 rings (SSSR count). The summed E-state index contributed by atoms with van der Waals surface area (Å²) in [6.45, 7) is 0. The molecule has 0 amide bonds. The summed E-state index contributed by atoms with van der Waals surface area (Å²) in [7, 11) is -4.47. The third kappa shape index (κ3) is 8.11. The SMILES string of the molecule is O.O.O.O.O=S(=O)(O)c1cc(O)ccc1O.[H-].[H-].[Mg+2]. The van der Waals surface area contributed by atoms with Crippen LogP contribution in [0.15, 0.2) is 23.1 Å². The maximum Gasteiger partial charge on any atom is 2.00 e. The number of hydrogen-bond donors (Lipinski definition) is 3. The fourth-order valence-electron chi connectivity index (χ4n) is 0.709. The van der Waals surface area contributed by atoms with E-state index in [0.717, 1.165) is 18.2 Å². The molecule has 0 saturated heterocycles. The van der Waals surface area contributed by atoms with Gasteiger partial charge >= 0.3 is 23.1 Å². The molecule has 0 radical (unpaired) electrons. The van der Waals surface area contributed by atoms with Gasteiger partial charge in [-0.1, -0.05) is 0 Å². The topological polar surface area (TPSA) is 221 Å². The predicted molar refractivity (Wildman–Crippen MR) is 62.0 cm³/mol. The Kier molecular flexibility index (Phi) is 18.4. The van der Waals surface area contributed by atoms with Crippen LogP contribution in [0.2, 0.25) is 0 Å². The summed E-state index contributed by atoms with van der Waals surface area (Å²) in [5.41, 5.74) is 0. The molecule has 0 bridgehead atoms. The zero-order valence-corrected chi connectivity index (χ0v) is 10.7. The van der Waals surface area contributed by atoms with Crippen LogP contribution in [0.1, 0.15) is 2.85 Å². The number of aromatic hydroxyl groups is 2. The third-order valence-electron chi connectivity index (χ3n) is 1.22. The van der Waals surface area contributed by atoms with Crippen LogP contribution in [-0.2, 0) is 10.1 Å². The maximum absolute atomic E-state index is 10.5. The minimum atomic E-state index is -4.47. The second-order valence-corrected chi connectivity index (χ2v) is 3.52. The van der Waals surface area contributed by atoms with Crippen LogP contribution in [0.25, 0.3) is 0 Å². The van der Waals surface area contributed by atoms with Crippen molar-refractivity contribution in [2.75, 3.05) is 0 Å². The molecule has 17 heavy (non-hydrogen) atoms. The average molecular weight is 289 g/mol. The second-order valence-electron chi connectivity index (χ2n) is 2.13. The van der Waals surface area contributed by atoms with Gasteiger partial charge in [0.05, 0.1) is 0 Å². The van der Waals surface area contributed by atoms with Crippen LogP contribution in [0.5, 0.6) is 11.5 Å². The molecule has 11 heteroatoms. The first-order valence-electron chi connectivity index (χ1n) is 2.91. The molecule has 1 aromatic rings. The van der Waals surface area contributed by atoms with E-state index >= 15 is 0 Å². The van der Waals surface area contributed by atoms with E-state index < -0.39 is 20.8 Å². The van der Waals surface area contributed by atoms with Gasteiger partial charge in [0, 0.05) is 6.07 Å². The number of phenols is 2. The number of rotatable bonds is 1. The van der Waals surface area contributed by atoms with Gasteiger partial charge in [0.15, 0.2) is 0 Å². The van der Waals surface area contributed by atoms with Crippen molar-refractivity contribution in [3.05, 3.63) is 18.2 Å². The molecule has 0 saturated carbocycles. The number of phenolic OH excluding ortho intramolecular Hbond substituents is 2. The summed E-state index contributed by atoms with van der Waals surface area (Å²) in [5.74, 6) is -0.948. The summed E-state index contributed by atoms with van der Waals surface area (Å²) in [6, 6.07) is 2.83. The third-order valence-corrected chi connectivity index (χ3v) is 2.10. The average Bonchev–Trinajstić information content (AvgIpc) is 1.92. The Morgan fingerprint density at radius 2 is 1.41 bits per heavy atom. The molecule has 102 valence electrons. The monoisotopic (exact) mass is 288 g/mol. The first kappa shape index (κ1) is 29.9. The number of benzene rings is 1. The zero-order valence-electron chi connectivity index (χ0n) is 10.5. The van der Waals surface area contributed by atoms with E-state index in [1.165, 1.54) is 0 Å². The van der Waals surface area contributed by atoms with Gasteiger partial charge < -0.3 is 35.0 Å². The van der Waals surface area contributed by atoms with Crippen molar-refractivity contribution in [3.8, 4) is 11.5 Å². The molecule has 1 aromatic carbocycles. The van der Waals surface area contributed by atoms with Crippen molar-refractivity contribution in [2.24, 2.45) is 0 Å². The van der Waals surface area contributed by atoms with E-state index in [0.29, 0.717) is 0 Å². The first-order chi connectivity index (χ1) is 5.41. The van der Waals surface area contributed by atoms with Gasteiger partial charge in [-0.15, -0.1) is 0 Å². The van der Waals surface area contributed by atoms with Gasteiger partial charge in [-0.25, -0.2) is 0 Å². The van der Waals surface area contributed by atoms with Crippen LogP contribution < -0.4 is 0 Å². The van der Waals surface area contributed by atoms with Crippen molar-refractivity contribution in [1.29, 1.82) is 0 Å². The van der Waals surface area contributed by atoms with Gasteiger partial charge in [0.2, 0.25) is 0 Å². The molecule has 0 heterocycles. The van der Waals surface area contributed by atoms with Crippen LogP contribution in [0, 0.1) is 0 Å². The maximum atomic E-state index is 10.5. The van der Waals surface area contributed by atoms with Crippen molar-refractivity contribution in [1.82, 2.24) is 0 Å². The molecule has 0 aliphatic rings. The summed E-state index contributed by atoms with van der Waals surface area (Å²) >= 11 is 0. The molecule has 0 fully saturated rings. The molecule has 11 N–H and O–H groups in total. The summed E-state index contributed by atoms with van der Waals surface area (Å²) < 4.78 is 29.5. The zero-order chi connectivity index (χ0) is 9.35. The van der Waals surface area contributed by atoms with Crippen molar-refractivity contribution < 1.29 is 47.9 Å². The van der Waals surface area contributed by atoms with E-state index in [4.69, 9.17) is 14.8 Å². The molecule has 0 aliphatic carbocycles. The van der Waals surface area contributed by atoms with Gasteiger partial charge in [-0.2, -0.15) is 8.42 Å². The summed E-state index contributed by atoms with van der Waals surface area (Å²) in [4.78, 5) is -0.706. The Morgan fingerprint density at radius 3 is 1.71 bits per heavy atom. The quantitative estimate of drug-likeness (QED) is 0.276.